The zero-order valence-corrected chi connectivity index (χ0v) is 22.1. The molecule has 4 aromatic carbocycles. The lowest BCUT2D eigenvalue weighted by atomic mass is 9.68. The monoisotopic (exact) mass is 487 g/mol. The number of hydrogen-bond acceptors (Lipinski definition) is 1. The van der Waals surface area contributed by atoms with Crippen LogP contribution < -0.4 is 0 Å². The SMILES string of the molecule is CCCCC1(CCCC)c2ccccc2-c2ccc(-c3cccc4c3[nH]c3ccccc34)c(CCO)c21. The molecule has 0 fully saturated rings. The topological polar surface area (TPSA) is 36.0 Å². The molecule has 0 atom stereocenters. The number of aromatic amines is 1. The minimum atomic E-state index is 0.00675. The first-order chi connectivity index (χ1) is 18.2. The standard InChI is InChI=1S/C35H37NO/c1-3-5-21-35(22-6-4-2)31-16-9-7-12-25(31)27-19-18-24(28(20-23-37)33(27)35)29-14-11-15-30-26-13-8-10-17-32(26)36-34(29)30/h7-19,36-37H,3-6,20-23H2,1-2H3. The Morgan fingerprint density at radius 2 is 1.35 bits per heavy atom. The minimum absolute atomic E-state index is 0.00675. The zero-order valence-electron chi connectivity index (χ0n) is 22.1. The summed E-state index contributed by atoms with van der Waals surface area (Å²) in [6.07, 6.45) is 7.78. The molecule has 2 nitrogen and oxygen atoms in total. The number of aromatic nitrogens is 1. The maximum absolute atomic E-state index is 10.4. The second kappa shape index (κ2) is 9.84. The van der Waals surface area contributed by atoms with Gasteiger partial charge in [0.05, 0.1) is 5.52 Å². The molecule has 0 radical (unpaired) electrons. The molecule has 188 valence electrons. The first-order valence-electron chi connectivity index (χ1n) is 14.1. The molecule has 0 aliphatic heterocycles. The number of aliphatic hydroxyl groups excluding tert-OH is 1. The molecule has 0 unspecified atom stereocenters. The number of H-pyrrole nitrogens is 1. The van der Waals surface area contributed by atoms with Crippen molar-refractivity contribution < 1.29 is 5.11 Å². The van der Waals surface area contributed by atoms with Gasteiger partial charge in [-0.1, -0.05) is 112 Å². The van der Waals surface area contributed by atoms with E-state index in [-0.39, 0.29) is 12.0 Å². The van der Waals surface area contributed by atoms with Gasteiger partial charge in [0, 0.05) is 33.9 Å². The van der Waals surface area contributed by atoms with Crippen LogP contribution in [0.4, 0.5) is 0 Å². The van der Waals surface area contributed by atoms with Crippen LogP contribution in [0.5, 0.6) is 0 Å². The molecule has 37 heavy (non-hydrogen) atoms. The van der Waals surface area contributed by atoms with E-state index in [1.165, 1.54) is 86.4 Å². The third kappa shape index (κ3) is 3.73. The summed E-state index contributed by atoms with van der Waals surface area (Å²) in [5.41, 5.74) is 11.9. The number of rotatable bonds is 9. The average Bonchev–Trinajstić information content (AvgIpc) is 3.45. The lowest BCUT2D eigenvalue weighted by Gasteiger charge is -2.35. The Hall–Kier alpha value is -3.36. The predicted octanol–water partition coefficient (Wildman–Crippen LogP) is 9.17. The van der Waals surface area contributed by atoms with Crippen LogP contribution in [-0.4, -0.2) is 16.7 Å². The van der Waals surface area contributed by atoms with Crippen molar-refractivity contribution in [2.45, 2.75) is 64.2 Å². The van der Waals surface area contributed by atoms with Gasteiger partial charge in [0.1, 0.15) is 0 Å². The van der Waals surface area contributed by atoms with E-state index in [9.17, 15) is 5.11 Å². The van der Waals surface area contributed by atoms with E-state index >= 15 is 0 Å². The Kier molecular flexibility index (Phi) is 6.38. The predicted molar refractivity (Wildman–Crippen MR) is 157 cm³/mol. The van der Waals surface area contributed by atoms with Crippen molar-refractivity contribution in [2.24, 2.45) is 0 Å². The molecular weight excluding hydrogens is 450 g/mol. The molecular formula is C35H37NO. The van der Waals surface area contributed by atoms with Crippen molar-refractivity contribution >= 4 is 21.8 Å². The number of hydrogen-bond donors (Lipinski definition) is 2. The van der Waals surface area contributed by atoms with Gasteiger partial charge >= 0.3 is 0 Å². The van der Waals surface area contributed by atoms with Crippen molar-refractivity contribution in [1.82, 2.24) is 4.98 Å². The van der Waals surface area contributed by atoms with Crippen LogP contribution in [0.3, 0.4) is 0 Å². The maximum Gasteiger partial charge on any atom is 0.0544 e. The average molecular weight is 488 g/mol. The highest BCUT2D eigenvalue weighted by Gasteiger charge is 2.44. The smallest absolute Gasteiger partial charge is 0.0544 e. The summed E-state index contributed by atoms with van der Waals surface area (Å²) in [6.45, 7) is 4.76. The highest BCUT2D eigenvalue weighted by atomic mass is 16.2. The quantitative estimate of drug-likeness (QED) is 0.214. The fourth-order valence-corrected chi connectivity index (χ4v) is 7.01. The summed E-state index contributed by atoms with van der Waals surface area (Å²) in [4.78, 5) is 3.73. The fourth-order valence-electron chi connectivity index (χ4n) is 7.01. The Morgan fingerprint density at radius 3 is 2.14 bits per heavy atom. The number of unbranched alkanes of at least 4 members (excludes halogenated alkanes) is 2. The minimum Gasteiger partial charge on any atom is -0.396 e. The molecule has 1 heterocycles. The van der Waals surface area contributed by atoms with Crippen molar-refractivity contribution in [3.8, 4) is 22.3 Å². The van der Waals surface area contributed by atoms with Gasteiger partial charge in [-0.3, -0.25) is 0 Å². The molecule has 0 saturated carbocycles. The highest BCUT2D eigenvalue weighted by Crippen LogP contribution is 2.56. The second-order valence-electron chi connectivity index (χ2n) is 10.7. The summed E-state index contributed by atoms with van der Waals surface area (Å²) in [7, 11) is 0. The molecule has 0 spiro atoms. The third-order valence-corrected chi connectivity index (χ3v) is 8.63. The van der Waals surface area contributed by atoms with Crippen LogP contribution in [0, 0.1) is 0 Å². The fraction of sp³-hybridized carbons (Fsp3) is 0.314. The summed E-state index contributed by atoms with van der Waals surface area (Å²) in [6, 6.07) is 29.0. The number of fused-ring (bicyclic) bond motifs is 6. The van der Waals surface area contributed by atoms with Crippen molar-refractivity contribution in [3.05, 3.63) is 95.6 Å². The van der Waals surface area contributed by atoms with E-state index in [4.69, 9.17) is 0 Å². The largest absolute Gasteiger partial charge is 0.396 e. The lowest BCUT2D eigenvalue weighted by Crippen LogP contribution is -2.27. The van der Waals surface area contributed by atoms with Gasteiger partial charge < -0.3 is 10.1 Å². The van der Waals surface area contributed by atoms with E-state index < -0.39 is 0 Å². The van der Waals surface area contributed by atoms with Gasteiger partial charge in [-0.15, -0.1) is 0 Å². The van der Waals surface area contributed by atoms with Gasteiger partial charge in [0.2, 0.25) is 0 Å². The molecule has 1 aliphatic rings. The number of para-hydroxylation sites is 2. The van der Waals surface area contributed by atoms with Crippen LogP contribution in [0.25, 0.3) is 44.1 Å². The molecule has 6 rings (SSSR count). The van der Waals surface area contributed by atoms with E-state index in [2.05, 4.69) is 97.7 Å². The molecule has 1 aliphatic carbocycles. The van der Waals surface area contributed by atoms with E-state index in [0.717, 1.165) is 12.8 Å². The van der Waals surface area contributed by atoms with Gasteiger partial charge in [-0.05, 0) is 58.7 Å². The summed E-state index contributed by atoms with van der Waals surface area (Å²) in [5.74, 6) is 0. The Morgan fingerprint density at radius 1 is 0.676 bits per heavy atom. The van der Waals surface area contributed by atoms with Crippen LogP contribution >= 0.6 is 0 Å². The Bertz CT molecular complexity index is 1570. The molecule has 0 saturated heterocycles. The van der Waals surface area contributed by atoms with Gasteiger partial charge in [0.25, 0.3) is 0 Å². The van der Waals surface area contributed by atoms with Crippen LogP contribution in [0.15, 0.2) is 78.9 Å². The lowest BCUT2D eigenvalue weighted by molar-refractivity contribution is 0.298. The van der Waals surface area contributed by atoms with E-state index in [0.29, 0.717) is 6.42 Å². The van der Waals surface area contributed by atoms with Gasteiger partial charge in [0.15, 0.2) is 0 Å². The number of aliphatic hydroxyl groups is 1. The van der Waals surface area contributed by atoms with Crippen LogP contribution in [-0.2, 0) is 11.8 Å². The number of benzene rings is 4. The Labute approximate surface area is 220 Å². The highest BCUT2D eigenvalue weighted by molar-refractivity contribution is 6.12. The normalized spacial score (nSPS) is 13.8. The third-order valence-electron chi connectivity index (χ3n) is 8.63. The van der Waals surface area contributed by atoms with Crippen molar-refractivity contribution in [3.63, 3.8) is 0 Å². The molecule has 2 heteroatoms. The molecule has 0 amide bonds. The van der Waals surface area contributed by atoms with E-state index in [1.54, 1.807) is 0 Å². The van der Waals surface area contributed by atoms with Crippen LogP contribution in [0.2, 0.25) is 0 Å². The van der Waals surface area contributed by atoms with Gasteiger partial charge in [-0.2, -0.15) is 0 Å². The second-order valence-corrected chi connectivity index (χ2v) is 10.7. The summed E-state index contributed by atoms with van der Waals surface area (Å²) < 4.78 is 0. The van der Waals surface area contributed by atoms with Crippen molar-refractivity contribution in [2.75, 3.05) is 6.61 Å². The maximum atomic E-state index is 10.4. The first kappa shape index (κ1) is 24.0. The molecule has 2 N–H and O–H groups in total. The van der Waals surface area contributed by atoms with Gasteiger partial charge in [-0.25, -0.2) is 0 Å². The van der Waals surface area contributed by atoms with E-state index in [1.807, 2.05) is 0 Å². The Balaban J connectivity index is 1.66. The van der Waals surface area contributed by atoms with Crippen LogP contribution in [0.1, 0.15) is 69.1 Å². The molecule has 5 aromatic rings. The number of nitrogens with one attached hydrogen (secondary N) is 1. The summed E-state index contributed by atoms with van der Waals surface area (Å²) >= 11 is 0. The molecule has 1 aromatic heterocycles. The summed E-state index contributed by atoms with van der Waals surface area (Å²) in [5, 5.41) is 12.9. The molecule has 0 bridgehead atoms. The zero-order chi connectivity index (χ0) is 25.4. The van der Waals surface area contributed by atoms with Crippen molar-refractivity contribution in [1.29, 1.82) is 0 Å². The first-order valence-corrected chi connectivity index (χ1v) is 14.1.